The fraction of sp³-hybridized carbons (Fsp3) is 0.259. The van der Waals surface area contributed by atoms with Crippen molar-refractivity contribution >= 4 is 17.7 Å². The number of anilines is 1. The fourth-order valence-electron chi connectivity index (χ4n) is 3.34. The molecule has 0 saturated carbocycles. The van der Waals surface area contributed by atoms with Gasteiger partial charge in [-0.1, -0.05) is 54.6 Å². The van der Waals surface area contributed by atoms with Crippen LogP contribution >= 0.6 is 0 Å². The van der Waals surface area contributed by atoms with E-state index in [4.69, 9.17) is 9.47 Å². The van der Waals surface area contributed by atoms with Crippen LogP contribution in [0.3, 0.4) is 0 Å². The molecule has 0 aliphatic heterocycles. The highest BCUT2D eigenvalue weighted by Gasteiger charge is 2.33. The van der Waals surface area contributed by atoms with Crippen molar-refractivity contribution in [2.45, 2.75) is 25.4 Å². The largest absolute Gasteiger partial charge is 0.494 e. The van der Waals surface area contributed by atoms with Gasteiger partial charge < -0.3 is 25.2 Å². The SMILES string of the molecule is CO[C@@](C)(Cc1ccc(OCCCNC(=O)Nc2ccc(-c3ccccc3)cc2)cc1)C(=O)O. The number of carboxylic acid groups (broad SMARTS) is 1. The maximum atomic E-state index is 12.1. The lowest BCUT2D eigenvalue weighted by Crippen LogP contribution is -2.39. The van der Waals surface area contributed by atoms with Crippen molar-refractivity contribution in [3.63, 3.8) is 0 Å². The number of aliphatic carboxylic acids is 1. The van der Waals surface area contributed by atoms with Gasteiger partial charge in [-0.2, -0.15) is 0 Å². The van der Waals surface area contributed by atoms with Crippen LogP contribution in [-0.4, -0.2) is 43.0 Å². The van der Waals surface area contributed by atoms with Crippen LogP contribution in [0.25, 0.3) is 11.1 Å². The van der Waals surface area contributed by atoms with E-state index in [2.05, 4.69) is 10.6 Å². The molecule has 0 unspecified atom stereocenters. The topological polar surface area (TPSA) is 96.9 Å². The minimum atomic E-state index is -1.27. The molecule has 7 heteroatoms. The van der Waals surface area contributed by atoms with Gasteiger partial charge in [-0.25, -0.2) is 9.59 Å². The summed E-state index contributed by atoms with van der Waals surface area (Å²) in [7, 11) is 1.39. The van der Waals surface area contributed by atoms with Crippen LogP contribution in [0.1, 0.15) is 18.9 Å². The summed E-state index contributed by atoms with van der Waals surface area (Å²) in [4.78, 5) is 23.5. The lowest BCUT2D eigenvalue weighted by Gasteiger charge is -2.23. The summed E-state index contributed by atoms with van der Waals surface area (Å²) in [6, 6.07) is 24.7. The van der Waals surface area contributed by atoms with E-state index in [1.165, 1.54) is 7.11 Å². The monoisotopic (exact) mass is 462 g/mol. The van der Waals surface area contributed by atoms with Gasteiger partial charge in [0.15, 0.2) is 5.60 Å². The molecule has 0 bridgehead atoms. The van der Waals surface area contributed by atoms with Gasteiger partial charge in [0, 0.05) is 25.8 Å². The van der Waals surface area contributed by atoms with E-state index in [0.29, 0.717) is 25.3 Å². The zero-order chi connectivity index (χ0) is 24.4. The van der Waals surface area contributed by atoms with E-state index < -0.39 is 11.6 Å². The molecule has 0 fully saturated rings. The van der Waals surface area contributed by atoms with Crippen LogP contribution in [0, 0.1) is 0 Å². The number of carboxylic acids is 1. The van der Waals surface area contributed by atoms with Gasteiger partial charge in [0.1, 0.15) is 5.75 Å². The number of amides is 2. The molecule has 0 aliphatic rings. The highest BCUT2D eigenvalue weighted by Crippen LogP contribution is 2.21. The van der Waals surface area contributed by atoms with Crippen LogP contribution < -0.4 is 15.4 Å². The van der Waals surface area contributed by atoms with Crippen LogP contribution in [0.4, 0.5) is 10.5 Å². The summed E-state index contributed by atoms with van der Waals surface area (Å²) in [6.45, 7) is 2.45. The van der Waals surface area contributed by atoms with Gasteiger partial charge in [-0.15, -0.1) is 0 Å². The Labute approximate surface area is 199 Å². The molecule has 3 rings (SSSR count). The molecule has 0 heterocycles. The number of methoxy groups -OCH3 is 1. The number of ether oxygens (including phenoxy) is 2. The second-order valence-electron chi connectivity index (χ2n) is 8.09. The third-order valence-electron chi connectivity index (χ3n) is 5.49. The van der Waals surface area contributed by atoms with E-state index in [0.717, 1.165) is 22.4 Å². The molecular formula is C27H30N2O5. The molecule has 0 spiro atoms. The molecule has 0 saturated heterocycles. The first-order valence-corrected chi connectivity index (χ1v) is 11.1. The highest BCUT2D eigenvalue weighted by molar-refractivity contribution is 5.89. The molecule has 34 heavy (non-hydrogen) atoms. The van der Waals surface area contributed by atoms with Crippen molar-refractivity contribution < 1.29 is 24.2 Å². The standard InChI is InChI=1S/C27H30N2O5/c1-27(33-2,25(30)31)19-20-9-15-24(16-10-20)34-18-6-17-28-26(32)29-23-13-11-22(12-14-23)21-7-4-3-5-8-21/h3-5,7-16H,6,17-19H2,1-2H3,(H,30,31)(H2,28,29,32)/t27-/m0/s1. The summed E-state index contributed by atoms with van der Waals surface area (Å²) >= 11 is 0. The van der Waals surface area contributed by atoms with E-state index in [1.54, 1.807) is 19.1 Å². The Balaban J connectivity index is 1.35. The van der Waals surface area contributed by atoms with Crippen LogP contribution in [0.5, 0.6) is 5.75 Å². The number of hydrogen-bond donors (Lipinski definition) is 3. The molecule has 7 nitrogen and oxygen atoms in total. The number of urea groups is 1. The lowest BCUT2D eigenvalue weighted by atomic mass is 9.96. The maximum Gasteiger partial charge on any atom is 0.336 e. The van der Waals surface area contributed by atoms with E-state index in [-0.39, 0.29) is 12.5 Å². The van der Waals surface area contributed by atoms with E-state index in [1.807, 2.05) is 66.7 Å². The first-order chi connectivity index (χ1) is 16.4. The van der Waals surface area contributed by atoms with Crippen molar-refractivity contribution in [1.29, 1.82) is 0 Å². The second kappa shape index (κ2) is 11.9. The number of carbonyl (C=O) groups is 2. The molecule has 1 atom stereocenters. The zero-order valence-corrected chi connectivity index (χ0v) is 19.4. The second-order valence-corrected chi connectivity index (χ2v) is 8.09. The molecule has 0 radical (unpaired) electrons. The Bertz CT molecular complexity index is 1070. The highest BCUT2D eigenvalue weighted by atomic mass is 16.5. The summed E-state index contributed by atoms with van der Waals surface area (Å²) < 4.78 is 10.8. The van der Waals surface area contributed by atoms with Gasteiger partial charge in [-0.3, -0.25) is 0 Å². The normalized spacial score (nSPS) is 12.4. The molecule has 178 valence electrons. The molecule has 3 aromatic carbocycles. The number of rotatable bonds is 11. The number of nitrogens with one attached hydrogen (secondary N) is 2. The lowest BCUT2D eigenvalue weighted by molar-refractivity contribution is -0.159. The molecule has 2 amide bonds. The Kier molecular flexibility index (Phi) is 8.65. The Morgan fingerprint density at radius 3 is 2.18 bits per heavy atom. The number of hydrogen-bond acceptors (Lipinski definition) is 4. The van der Waals surface area contributed by atoms with Gasteiger partial charge in [-0.05, 0) is 54.3 Å². The smallest absolute Gasteiger partial charge is 0.336 e. The first-order valence-electron chi connectivity index (χ1n) is 11.1. The quantitative estimate of drug-likeness (QED) is 0.349. The van der Waals surface area contributed by atoms with Crippen molar-refractivity contribution in [1.82, 2.24) is 5.32 Å². The van der Waals surface area contributed by atoms with Crippen LogP contribution in [0.2, 0.25) is 0 Å². The molecule has 3 N–H and O–H groups in total. The average Bonchev–Trinajstić information content (AvgIpc) is 2.85. The van der Waals surface area contributed by atoms with E-state index >= 15 is 0 Å². The summed E-state index contributed by atoms with van der Waals surface area (Å²) in [5.74, 6) is -0.322. The van der Waals surface area contributed by atoms with Gasteiger partial charge in [0.2, 0.25) is 0 Å². The van der Waals surface area contributed by atoms with Crippen molar-refractivity contribution in [2.75, 3.05) is 25.6 Å². The summed E-state index contributed by atoms with van der Waals surface area (Å²) in [6.07, 6.45) is 0.899. The van der Waals surface area contributed by atoms with Gasteiger partial charge in [0.25, 0.3) is 0 Å². The average molecular weight is 463 g/mol. The van der Waals surface area contributed by atoms with Crippen molar-refractivity contribution in [3.8, 4) is 16.9 Å². The Morgan fingerprint density at radius 1 is 0.912 bits per heavy atom. The summed E-state index contributed by atoms with van der Waals surface area (Å²) in [5.41, 5.74) is 2.52. The molecule has 3 aromatic rings. The number of benzene rings is 3. The van der Waals surface area contributed by atoms with Crippen molar-refractivity contribution in [3.05, 3.63) is 84.4 Å². The summed E-state index contributed by atoms with van der Waals surface area (Å²) in [5, 5.41) is 14.9. The predicted molar refractivity (Wildman–Crippen MR) is 132 cm³/mol. The predicted octanol–water partition coefficient (Wildman–Crippen LogP) is 4.98. The Hall–Kier alpha value is -3.84. The minimum absolute atomic E-state index is 0.257. The van der Waals surface area contributed by atoms with Gasteiger partial charge in [0.05, 0.1) is 6.61 Å². The third kappa shape index (κ3) is 7.08. The fourth-order valence-corrected chi connectivity index (χ4v) is 3.34. The molecule has 0 aliphatic carbocycles. The van der Waals surface area contributed by atoms with Gasteiger partial charge >= 0.3 is 12.0 Å². The maximum absolute atomic E-state index is 12.1. The zero-order valence-electron chi connectivity index (χ0n) is 19.4. The van der Waals surface area contributed by atoms with Crippen LogP contribution in [-0.2, 0) is 16.0 Å². The van der Waals surface area contributed by atoms with Crippen LogP contribution in [0.15, 0.2) is 78.9 Å². The first kappa shape index (κ1) is 24.8. The Morgan fingerprint density at radius 2 is 1.56 bits per heavy atom. The van der Waals surface area contributed by atoms with E-state index in [9.17, 15) is 14.7 Å². The third-order valence-corrected chi connectivity index (χ3v) is 5.49. The minimum Gasteiger partial charge on any atom is -0.494 e. The number of carbonyl (C=O) groups excluding carboxylic acids is 1. The molecular weight excluding hydrogens is 432 g/mol. The molecule has 0 aromatic heterocycles. The van der Waals surface area contributed by atoms with Crippen molar-refractivity contribution in [2.24, 2.45) is 0 Å².